The van der Waals surface area contributed by atoms with Crippen LogP contribution in [0.5, 0.6) is 5.75 Å². The SMILES string of the molecule is CN1[C@H](CCC(C)(F)F)CN(c2ccc(F)cc2)c2cc(SC3CC(F)(F)C3)c(OC[C@](C)(F)C(=O)O)cc2S1(=O)=O. The van der Waals surface area contributed by atoms with E-state index in [1.807, 2.05) is 0 Å². The lowest BCUT2D eigenvalue weighted by molar-refractivity contribution is -0.151. The summed E-state index contributed by atoms with van der Waals surface area (Å²) in [5.74, 6) is -8.60. The number of hydrogen-bond acceptors (Lipinski definition) is 6. The van der Waals surface area contributed by atoms with E-state index in [1.165, 1.54) is 30.1 Å². The molecule has 232 valence electrons. The van der Waals surface area contributed by atoms with Gasteiger partial charge in [0.1, 0.15) is 23.1 Å². The van der Waals surface area contributed by atoms with Crippen molar-refractivity contribution < 1.29 is 49.4 Å². The molecule has 0 unspecified atom stereocenters. The molecule has 1 aliphatic carbocycles. The van der Waals surface area contributed by atoms with Crippen LogP contribution in [-0.2, 0) is 14.8 Å². The Bertz CT molecular complexity index is 1430. The molecule has 1 N–H and O–H groups in total. The van der Waals surface area contributed by atoms with Gasteiger partial charge in [0.25, 0.3) is 0 Å². The highest BCUT2D eigenvalue weighted by atomic mass is 32.2. The first-order valence-electron chi connectivity index (χ1n) is 13.0. The Morgan fingerprint density at radius 2 is 1.76 bits per heavy atom. The molecule has 42 heavy (non-hydrogen) atoms. The number of alkyl halides is 5. The minimum absolute atomic E-state index is 0.0430. The van der Waals surface area contributed by atoms with Gasteiger partial charge in [-0.1, -0.05) is 0 Å². The lowest BCUT2D eigenvalue weighted by Gasteiger charge is -2.35. The summed E-state index contributed by atoms with van der Waals surface area (Å²) < 4.78 is 117. The zero-order valence-electron chi connectivity index (χ0n) is 22.9. The average molecular weight is 641 g/mol. The number of halogens is 6. The number of anilines is 2. The van der Waals surface area contributed by atoms with Gasteiger partial charge < -0.3 is 14.7 Å². The second kappa shape index (κ2) is 11.5. The number of likely N-dealkylation sites (N-methyl/N-ethyl adjacent to an activating group) is 1. The number of nitrogens with zero attached hydrogens (tertiary/aromatic N) is 2. The Morgan fingerprint density at radius 1 is 1.14 bits per heavy atom. The molecule has 0 amide bonds. The quantitative estimate of drug-likeness (QED) is 0.298. The van der Waals surface area contributed by atoms with E-state index < -0.39 is 76.5 Å². The van der Waals surface area contributed by atoms with Crippen molar-refractivity contribution in [2.75, 3.05) is 25.1 Å². The van der Waals surface area contributed by atoms with Crippen LogP contribution in [0.3, 0.4) is 0 Å². The predicted octanol–water partition coefficient (Wildman–Crippen LogP) is 6.48. The third-order valence-corrected chi connectivity index (χ3v) is 10.4. The van der Waals surface area contributed by atoms with Crippen LogP contribution in [0, 0.1) is 5.82 Å². The lowest BCUT2D eigenvalue weighted by atomic mass is 9.94. The number of hydrogen-bond donors (Lipinski definition) is 1. The van der Waals surface area contributed by atoms with Crippen LogP contribution in [0.4, 0.5) is 37.7 Å². The topological polar surface area (TPSA) is 87.2 Å². The lowest BCUT2D eigenvalue weighted by Crippen LogP contribution is -2.41. The van der Waals surface area contributed by atoms with E-state index in [0.29, 0.717) is 5.69 Å². The molecule has 4 rings (SSSR count). The molecule has 2 aromatic carbocycles. The van der Waals surface area contributed by atoms with E-state index in [4.69, 9.17) is 4.74 Å². The van der Waals surface area contributed by atoms with E-state index >= 15 is 0 Å². The number of fused-ring (bicyclic) bond motifs is 1. The zero-order valence-corrected chi connectivity index (χ0v) is 24.6. The maximum absolute atomic E-state index is 14.6. The maximum Gasteiger partial charge on any atom is 0.344 e. The molecule has 1 heterocycles. The van der Waals surface area contributed by atoms with Gasteiger partial charge in [-0.2, -0.15) is 4.31 Å². The summed E-state index contributed by atoms with van der Waals surface area (Å²) in [5, 5.41) is 8.57. The van der Waals surface area contributed by atoms with Gasteiger partial charge in [0.2, 0.25) is 27.5 Å². The minimum Gasteiger partial charge on any atom is -0.488 e. The van der Waals surface area contributed by atoms with Gasteiger partial charge >= 0.3 is 5.97 Å². The van der Waals surface area contributed by atoms with E-state index in [0.717, 1.165) is 48.1 Å². The second-order valence-corrected chi connectivity index (χ2v) is 14.2. The highest BCUT2D eigenvalue weighted by molar-refractivity contribution is 8.00. The van der Waals surface area contributed by atoms with Gasteiger partial charge in [0.05, 0.1) is 10.6 Å². The monoisotopic (exact) mass is 640 g/mol. The smallest absolute Gasteiger partial charge is 0.344 e. The first-order valence-corrected chi connectivity index (χ1v) is 15.3. The van der Waals surface area contributed by atoms with Crippen LogP contribution in [0.2, 0.25) is 0 Å². The van der Waals surface area contributed by atoms with Gasteiger partial charge in [0, 0.05) is 55.9 Å². The second-order valence-electron chi connectivity index (χ2n) is 10.9. The number of ether oxygens (including phenoxy) is 1. The highest BCUT2D eigenvalue weighted by Crippen LogP contribution is 2.51. The van der Waals surface area contributed by atoms with Crippen molar-refractivity contribution in [3.8, 4) is 5.75 Å². The molecule has 2 aliphatic rings. The summed E-state index contributed by atoms with van der Waals surface area (Å²) in [7, 11) is -3.19. The molecule has 0 aromatic heterocycles. The van der Waals surface area contributed by atoms with Crippen molar-refractivity contribution in [1.82, 2.24) is 4.31 Å². The highest BCUT2D eigenvalue weighted by Gasteiger charge is 2.47. The Morgan fingerprint density at radius 3 is 2.31 bits per heavy atom. The summed E-state index contributed by atoms with van der Waals surface area (Å²) in [4.78, 5) is 12.6. The first-order chi connectivity index (χ1) is 19.3. The number of sulfonamides is 1. The molecule has 2 atom stereocenters. The van der Waals surface area contributed by atoms with Gasteiger partial charge in [-0.05, 0) is 50.6 Å². The van der Waals surface area contributed by atoms with Crippen LogP contribution in [0.15, 0.2) is 46.2 Å². The molecule has 0 spiro atoms. The number of carbonyl (C=O) groups is 1. The third-order valence-electron chi connectivity index (χ3n) is 7.23. The number of benzene rings is 2. The summed E-state index contributed by atoms with van der Waals surface area (Å²) in [5.41, 5.74) is -2.48. The van der Waals surface area contributed by atoms with Gasteiger partial charge in [-0.15, -0.1) is 11.8 Å². The normalized spacial score (nSPS) is 22.0. The fraction of sp³-hybridized carbons (Fsp3) is 0.519. The van der Waals surface area contributed by atoms with Crippen molar-refractivity contribution in [2.24, 2.45) is 0 Å². The Labute approximate surface area is 243 Å². The number of carboxylic acid groups (broad SMARTS) is 1. The summed E-state index contributed by atoms with van der Waals surface area (Å²) in [6, 6.07) is 6.50. The van der Waals surface area contributed by atoms with E-state index in [2.05, 4.69) is 0 Å². The minimum atomic E-state index is -4.42. The third kappa shape index (κ3) is 7.10. The first kappa shape index (κ1) is 32.3. The Balaban J connectivity index is 1.86. The van der Waals surface area contributed by atoms with Crippen molar-refractivity contribution in [3.05, 3.63) is 42.2 Å². The Hall–Kier alpha value is -2.65. The van der Waals surface area contributed by atoms with Gasteiger partial charge in [0.15, 0.2) is 0 Å². The number of aliphatic carboxylic acids is 1. The van der Waals surface area contributed by atoms with Crippen molar-refractivity contribution >= 4 is 39.1 Å². The van der Waals surface area contributed by atoms with Crippen LogP contribution in [-0.4, -0.2) is 72.8 Å². The van der Waals surface area contributed by atoms with Crippen LogP contribution in [0.1, 0.15) is 39.5 Å². The maximum atomic E-state index is 14.6. The molecule has 0 radical (unpaired) electrons. The summed E-state index contributed by atoms with van der Waals surface area (Å²) in [6.07, 6.45) is -1.80. The molecule has 0 saturated heterocycles. The molecular weight excluding hydrogens is 610 g/mol. The molecule has 0 bridgehead atoms. The number of carboxylic acids is 1. The van der Waals surface area contributed by atoms with Crippen molar-refractivity contribution in [3.63, 3.8) is 0 Å². The molecule has 1 aliphatic heterocycles. The summed E-state index contributed by atoms with van der Waals surface area (Å²) >= 11 is 0.944. The Kier molecular flexibility index (Phi) is 8.80. The molecule has 1 fully saturated rings. The molecular formula is C27H30F6N2O5S2. The van der Waals surface area contributed by atoms with Gasteiger partial charge in [-0.3, -0.25) is 0 Å². The van der Waals surface area contributed by atoms with E-state index in [1.54, 1.807) is 0 Å². The van der Waals surface area contributed by atoms with Crippen molar-refractivity contribution in [2.45, 2.75) is 78.1 Å². The van der Waals surface area contributed by atoms with Crippen LogP contribution >= 0.6 is 11.8 Å². The molecule has 15 heteroatoms. The predicted molar refractivity (Wildman–Crippen MR) is 145 cm³/mol. The zero-order chi connectivity index (χ0) is 31.3. The average Bonchev–Trinajstić information content (AvgIpc) is 2.93. The van der Waals surface area contributed by atoms with E-state index in [9.17, 15) is 44.7 Å². The number of thioether (sulfide) groups is 1. The van der Waals surface area contributed by atoms with E-state index in [-0.39, 0.29) is 34.2 Å². The number of rotatable bonds is 10. The molecule has 7 nitrogen and oxygen atoms in total. The fourth-order valence-electron chi connectivity index (χ4n) is 4.63. The van der Waals surface area contributed by atoms with Crippen LogP contribution in [0.25, 0.3) is 0 Å². The fourth-order valence-corrected chi connectivity index (χ4v) is 7.62. The standard InChI is InChI=1S/C27H30F6N2O5S2/c1-25(29,24(36)37)15-40-21-11-23-20(10-22(21)41-19-12-27(32,33)13-19)35(17-6-4-16(28)5-7-17)14-18(8-9-26(2,30)31)34(3)42(23,38)39/h4-7,10-11,18-19H,8-9,12-15H2,1-3H3,(H,36,37)/t18-,25+/m1/s1. The molecule has 1 saturated carbocycles. The largest absolute Gasteiger partial charge is 0.488 e. The molecule has 2 aromatic rings. The van der Waals surface area contributed by atoms with Crippen LogP contribution < -0.4 is 9.64 Å². The van der Waals surface area contributed by atoms with Crippen molar-refractivity contribution in [1.29, 1.82) is 0 Å². The summed E-state index contributed by atoms with van der Waals surface area (Å²) in [6.45, 7) is 0.351. The van der Waals surface area contributed by atoms with Gasteiger partial charge in [-0.25, -0.2) is 39.6 Å².